The van der Waals surface area contributed by atoms with Crippen LogP contribution in [0, 0.1) is 6.92 Å². The lowest BCUT2D eigenvalue weighted by atomic mass is 9.80. The van der Waals surface area contributed by atoms with Crippen LogP contribution in [0.2, 0.25) is 0 Å². The van der Waals surface area contributed by atoms with E-state index in [-0.39, 0.29) is 11.1 Å². The summed E-state index contributed by atoms with van der Waals surface area (Å²) in [5.41, 5.74) is 1.33. The summed E-state index contributed by atoms with van der Waals surface area (Å²) in [5, 5.41) is 7.06. The van der Waals surface area contributed by atoms with Gasteiger partial charge in [-0.05, 0) is 38.7 Å². The van der Waals surface area contributed by atoms with Crippen LogP contribution in [0.1, 0.15) is 50.6 Å². The van der Waals surface area contributed by atoms with Gasteiger partial charge in [0, 0.05) is 57.1 Å². The Kier molecular flexibility index (Phi) is 8.75. The number of nitrogens with one attached hydrogen (secondary N) is 2. The summed E-state index contributed by atoms with van der Waals surface area (Å²) in [7, 11) is 1.84. The van der Waals surface area contributed by atoms with Crippen LogP contribution < -0.4 is 16.2 Å². The number of aromatic nitrogens is 1. The van der Waals surface area contributed by atoms with Gasteiger partial charge in [0.15, 0.2) is 5.96 Å². The summed E-state index contributed by atoms with van der Waals surface area (Å²) in [6.45, 7) is 8.30. The first-order valence-electron chi connectivity index (χ1n) is 11.6. The largest absolute Gasteiger partial charge is 0.379 e. The third-order valence-electron chi connectivity index (χ3n) is 6.64. The number of aryl methyl sites for hydroxylation is 1. The maximum Gasteiger partial charge on any atom is 0.250 e. The number of aliphatic imine (C=N–C) groups is 1. The topological polar surface area (TPSA) is 70.9 Å². The number of pyridine rings is 1. The Morgan fingerprint density at radius 3 is 2.60 bits per heavy atom. The number of unbranched alkanes of at least 4 members (excludes halogenated alkanes) is 1. The van der Waals surface area contributed by atoms with Gasteiger partial charge in [-0.25, -0.2) is 0 Å². The molecule has 1 aromatic heterocycles. The van der Waals surface area contributed by atoms with Gasteiger partial charge in [-0.15, -0.1) is 0 Å². The summed E-state index contributed by atoms with van der Waals surface area (Å²) in [4.78, 5) is 19.0. The van der Waals surface area contributed by atoms with Crippen molar-refractivity contribution in [2.24, 2.45) is 4.99 Å². The molecule has 7 nitrogen and oxygen atoms in total. The molecule has 2 N–H and O–H groups in total. The Bertz CT molecular complexity index is 733. The SMILES string of the molecule is CN=C(NCCCCn1c(C)cccc1=O)NCC1(N2CCOCC2)CCCCC1. The van der Waals surface area contributed by atoms with Crippen molar-refractivity contribution in [3.8, 4) is 0 Å². The second kappa shape index (κ2) is 11.5. The molecule has 0 aromatic carbocycles. The first-order chi connectivity index (χ1) is 14.6. The maximum atomic E-state index is 12.0. The van der Waals surface area contributed by atoms with E-state index in [1.165, 1.54) is 32.1 Å². The minimum absolute atomic E-state index is 0.0846. The summed E-state index contributed by atoms with van der Waals surface area (Å²) < 4.78 is 7.44. The quantitative estimate of drug-likeness (QED) is 0.385. The number of nitrogens with zero attached hydrogens (tertiary/aromatic N) is 3. The van der Waals surface area contributed by atoms with E-state index in [9.17, 15) is 4.79 Å². The molecule has 0 spiro atoms. The monoisotopic (exact) mass is 417 g/mol. The summed E-state index contributed by atoms with van der Waals surface area (Å²) >= 11 is 0. The van der Waals surface area contributed by atoms with Gasteiger partial charge in [0.25, 0.3) is 5.56 Å². The van der Waals surface area contributed by atoms with Gasteiger partial charge in [0.2, 0.25) is 0 Å². The molecule has 3 rings (SSSR count). The molecule has 0 unspecified atom stereocenters. The van der Waals surface area contributed by atoms with Crippen LogP contribution in [-0.4, -0.2) is 67.4 Å². The molecule has 2 heterocycles. The Balaban J connectivity index is 1.43. The van der Waals surface area contributed by atoms with Gasteiger partial charge >= 0.3 is 0 Å². The second-order valence-electron chi connectivity index (χ2n) is 8.60. The molecule has 0 bridgehead atoms. The highest BCUT2D eigenvalue weighted by Gasteiger charge is 2.38. The third-order valence-corrected chi connectivity index (χ3v) is 6.64. The van der Waals surface area contributed by atoms with Crippen LogP contribution in [0.5, 0.6) is 0 Å². The molecular weight excluding hydrogens is 378 g/mol. The molecule has 1 aliphatic heterocycles. The molecule has 0 amide bonds. The van der Waals surface area contributed by atoms with Crippen molar-refractivity contribution < 1.29 is 4.74 Å². The fourth-order valence-corrected chi connectivity index (χ4v) is 4.83. The molecule has 1 aromatic rings. The number of guanidine groups is 1. The average Bonchev–Trinajstić information content (AvgIpc) is 2.78. The van der Waals surface area contributed by atoms with Crippen molar-refractivity contribution in [2.75, 3.05) is 46.4 Å². The summed E-state index contributed by atoms with van der Waals surface area (Å²) in [6, 6.07) is 5.44. The zero-order valence-electron chi connectivity index (χ0n) is 18.8. The number of hydrogen-bond donors (Lipinski definition) is 2. The van der Waals surface area contributed by atoms with Crippen molar-refractivity contribution in [3.63, 3.8) is 0 Å². The van der Waals surface area contributed by atoms with E-state index >= 15 is 0 Å². The third kappa shape index (κ3) is 6.08. The Morgan fingerprint density at radius 1 is 1.13 bits per heavy atom. The van der Waals surface area contributed by atoms with Crippen molar-refractivity contribution in [2.45, 2.75) is 64.0 Å². The Morgan fingerprint density at radius 2 is 1.90 bits per heavy atom. The van der Waals surface area contributed by atoms with Gasteiger partial charge in [-0.3, -0.25) is 14.7 Å². The predicted octanol–water partition coefficient (Wildman–Crippen LogP) is 2.14. The van der Waals surface area contributed by atoms with Crippen LogP contribution in [0.4, 0.5) is 0 Å². The van der Waals surface area contributed by atoms with Crippen LogP contribution >= 0.6 is 0 Å². The molecule has 1 aliphatic carbocycles. The standard InChI is InChI=1S/C23H39N5O2/c1-20-9-8-10-21(29)28(20)14-7-6-13-25-22(24-2)26-19-23(11-4-3-5-12-23)27-15-17-30-18-16-27/h8-10H,3-7,11-19H2,1-2H3,(H2,24,25,26). The first kappa shape index (κ1) is 22.8. The van der Waals surface area contributed by atoms with Crippen molar-refractivity contribution in [1.29, 1.82) is 0 Å². The van der Waals surface area contributed by atoms with Crippen molar-refractivity contribution in [3.05, 3.63) is 34.2 Å². The number of ether oxygens (including phenoxy) is 1. The highest BCUT2D eigenvalue weighted by Crippen LogP contribution is 2.33. The fraction of sp³-hybridized carbons (Fsp3) is 0.739. The van der Waals surface area contributed by atoms with E-state index < -0.39 is 0 Å². The molecule has 2 fully saturated rings. The van der Waals surface area contributed by atoms with Crippen LogP contribution in [0.15, 0.2) is 28.0 Å². The maximum absolute atomic E-state index is 12.0. The normalized spacial score (nSPS) is 20.1. The average molecular weight is 418 g/mol. The van der Waals surface area contributed by atoms with E-state index in [1.54, 1.807) is 6.07 Å². The molecule has 30 heavy (non-hydrogen) atoms. The highest BCUT2D eigenvalue weighted by molar-refractivity contribution is 5.79. The highest BCUT2D eigenvalue weighted by atomic mass is 16.5. The lowest BCUT2D eigenvalue weighted by Crippen LogP contribution is -2.60. The minimum Gasteiger partial charge on any atom is -0.379 e. The molecule has 0 radical (unpaired) electrons. The van der Waals surface area contributed by atoms with Gasteiger partial charge in [-0.2, -0.15) is 0 Å². The molecule has 7 heteroatoms. The summed E-state index contributed by atoms with van der Waals surface area (Å²) in [5.74, 6) is 0.876. The fourth-order valence-electron chi connectivity index (χ4n) is 4.83. The van der Waals surface area contributed by atoms with Gasteiger partial charge in [-0.1, -0.05) is 25.3 Å². The van der Waals surface area contributed by atoms with Gasteiger partial charge in [0.1, 0.15) is 0 Å². The predicted molar refractivity (Wildman–Crippen MR) is 122 cm³/mol. The van der Waals surface area contributed by atoms with E-state index in [0.717, 1.165) is 70.4 Å². The number of morpholine rings is 1. The molecule has 1 saturated carbocycles. The van der Waals surface area contributed by atoms with Crippen LogP contribution in [0.3, 0.4) is 0 Å². The molecule has 2 aliphatic rings. The van der Waals surface area contributed by atoms with E-state index in [0.29, 0.717) is 0 Å². The zero-order valence-corrected chi connectivity index (χ0v) is 18.8. The Hall–Kier alpha value is -1.86. The first-order valence-corrected chi connectivity index (χ1v) is 11.6. The molecule has 0 atom stereocenters. The van der Waals surface area contributed by atoms with Crippen LogP contribution in [0.25, 0.3) is 0 Å². The second-order valence-corrected chi connectivity index (χ2v) is 8.60. The smallest absolute Gasteiger partial charge is 0.250 e. The summed E-state index contributed by atoms with van der Waals surface area (Å²) in [6.07, 6.45) is 8.43. The van der Waals surface area contributed by atoms with Gasteiger partial charge in [0.05, 0.1) is 13.2 Å². The van der Waals surface area contributed by atoms with Gasteiger partial charge < -0.3 is 19.9 Å². The zero-order chi connectivity index (χ0) is 21.2. The number of hydrogen-bond acceptors (Lipinski definition) is 4. The molecule has 168 valence electrons. The molecule has 1 saturated heterocycles. The minimum atomic E-state index is 0.0846. The van der Waals surface area contributed by atoms with E-state index in [2.05, 4.69) is 20.5 Å². The molecular formula is C23H39N5O2. The van der Waals surface area contributed by atoms with E-state index in [1.807, 2.05) is 30.7 Å². The van der Waals surface area contributed by atoms with E-state index in [4.69, 9.17) is 4.74 Å². The van der Waals surface area contributed by atoms with Crippen molar-refractivity contribution in [1.82, 2.24) is 20.1 Å². The lowest BCUT2D eigenvalue weighted by molar-refractivity contribution is -0.0352. The lowest BCUT2D eigenvalue weighted by Gasteiger charge is -2.48. The van der Waals surface area contributed by atoms with Crippen molar-refractivity contribution >= 4 is 5.96 Å². The number of rotatable bonds is 8. The van der Waals surface area contributed by atoms with Crippen LogP contribution in [-0.2, 0) is 11.3 Å². The Labute approximate surface area is 180 Å².